The Labute approximate surface area is 181 Å². The van der Waals surface area contributed by atoms with Gasteiger partial charge in [-0.3, -0.25) is 9.59 Å². The molecule has 2 saturated heterocycles. The summed E-state index contributed by atoms with van der Waals surface area (Å²) < 4.78 is 0. The summed E-state index contributed by atoms with van der Waals surface area (Å²) in [5, 5.41) is 16.4. The lowest BCUT2D eigenvalue weighted by molar-refractivity contribution is -0.123. The molecule has 10 nitrogen and oxygen atoms in total. The zero-order valence-electron chi connectivity index (χ0n) is 17.7. The Bertz CT molecular complexity index is 843. The summed E-state index contributed by atoms with van der Waals surface area (Å²) in [7, 11) is 0. The normalized spacial score (nSPS) is 21.6. The minimum Gasteiger partial charge on any atom is -0.354 e. The van der Waals surface area contributed by atoms with Crippen molar-refractivity contribution in [1.29, 1.82) is 0 Å². The van der Waals surface area contributed by atoms with E-state index in [9.17, 15) is 19.2 Å². The lowest BCUT2D eigenvalue weighted by atomic mass is 10.1. The van der Waals surface area contributed by atoms with E-state index < -0.39 is 24.1 Å². The van der Waals surface area contributed by atoms with E-state index >= 15 is 0 Å². The average molecular weight is 431 g/mol. The maximum atomic E-state index is 12.4. The van der Waals surface area contributed by atoms with Crippen LogP contribution in [0.2, 0.25) is 0 Å². The average Bonchev–Trinajstić information content (AvgIpc) is 3.05. The van der Waals surface area contributed by atoms with Gasteiger partial charge in [-0.1, -0.05) is 6.07 Å². The van der Waals surface area contributed by atoms with Crippen LogP contribution in [0.25, 0.3) is 0 Å². The molecule has 0 saturated carbocycles. The monoisotopic (exact) mass is 430 g/mol. The smallest absolute Gasteiger partial charge is 0.319 e. The van der Waals surface area contributed by atoms with Gasteiger partial charge in [-0.15, -0.1) is 0 Å². The summed E-state index contributed by atoms with van der Waals surface area (Å²) in [4.78, 5) is 48.8. The highest BCUT2D eigenvalue weighted by molar-refractivity contribution is 5.97. The number of amides is 6. The van der Waals surface area contributed by atoms with Gasteiger partial charge in [-0.25, -0.2) is 9.59 Å². The number of rotatable bonds is 4. The van der Waals surface area contributed by atoms with Gasteiger partial charge in [0.2, 0.25) is 11.8 Å². The van der Waals surface area contributed by atoms with Crippen molar-refractivity contribution in [2.45, 2.75) is 57.5 Å². The van der Waals surface area contributed by atoms with Crippen LogP contribution in [0.15, 0.2) is 18.2 Å². The molecule has 1 aromatic rings. The Kier molecular flexibility index (Phi) is 7.69. The van der Waals surface area contributed by atoms with Crippen molar-refractivity contribution in [2.75, 3.05) is 23.7 Å². The van der Waals surface area contributed by atoms with E-state index in [1.807, 2.05) is 6.92 Å². The number of carbonyl (C=O) groups is 4. The van der Waals surface area contributed by atoms with Crippen LogP contribution >= 0.6 is 0 Å². The van der Waals surface area contributed by atoms with E-state index in [1.165, 1.54) is 0 Å². The lowest BCUT2D eigenvalue weighted by Gasteiger charge is -2.18. The highest BCUT2D eigenvalue weighted by Crippen LogP contribution is 2.20. The Hall–Kier alpha value is -3.30. The van der Waals surface area contributed by atoms with Crippen LogP contribution < -0.4 is 31.9 Å². The highest BCUT2D eigenvalue weighted by Gasteiger charge is 2.23. The molecule has 0 bridgehead atoms. The van der Waals surface area contributed by atoms with Crippen LogP contribution in [-0.4, -0.2) is 49.0 Å². The zero-order valence-corrected chi connectivity index (χ0v) is 17.7. The molecule has 0 aromatic heterocycles. The molecule has 2 atom stereocenters. The number of carbonyl (C=O) groups excluding carboxylic acids is 4. The van der Waals surface area contributed by atoms with Gasteiger partial charge in [0, 0.05) is 24.5 Å². The molecule has 6 amide bonds. The summed E-state index contributed by atoms with van der Waals surface area (Å²) in [5.74, 6) is -0.364. The predicted octanol–water partition coefficient (Wildman–Crippen LogP) is 1.58. The van der Waals surface area contributed by atoms with Gasteiger partial charge < -0.3 is 31.9 Å². The zero-order chi connectivity index (χ0) is 22.2. The van der Waals surface area contributed by atoms with Crippen LogP contribution in [-0.2, 0) is 9.59 Å². The molecule has 0 aliphatic carbocycles. The fourth-order valence-corrected chi connectivity index (χ4v) is 3.63. The first kappa shape index (κ1) is 22.4. The van der Waals surface area contributed by atoms with Crippen LogP contribution in [0.1, 0.15) is 44.1 Å². The van der Waals surface area contributed by atoms with E-state index in [4.69, 9.17) is 0 Å². The summed E-state index contributed by atoms with van der Waals surface area (Å²) in [5.41, 5.74) is 1.78. The van der Waals surface area contributed by atoms with Gasteiger partial charge >= 0.3 is 12.1 Å². The third-order valence-corrected chi connectivity index (χ3v) is 5.42. The van der Waals surface area contributed by atoms with Crippen LogP contribution in [0.3, 0.4) is 0 Å². The van der Waals surface area contributed by atoms with Crippen LogP contribution in [0.5, 0.6) is 0 Å². The standard InChI is InChI=1S/C21H30N6O4/c1-13-8-9-14(24-20(30)25-15-6-2-4-10-22-18(15)28)12-17(13)27-21(31)26-16-7-3-5-11-23-19(16)29/h8-9,12,15-16H,2-7,10-11H2,1H3,(H,22,28)(H,23,29)(H2,24,25,30)(H2,26,27,31). The summed E-state index contributed by atoms with van der Waals surface area (Å²) in [6.07, 6.45) is 4.68. The fourth-order valence-electron chi connectivity index (χ4n) is 3.63. The Morgan fingerprint density at radius 3 is 1.97 bits per heavy atom. The topological polar surface area (TPSA) is 140 Å². The number of hydrogen-bond acceptors (Lipinski definition) is 4. The SMILES string of the molecule is Cc1ccc(NC(=O)NC2CCCCNC2=O)cc1NC(=O)NC1CCCCNC1=O. The first-order valence-corrected chi connectivity index (χ1v) is 10.7. The van der Waals surface area contributed by atoms with E-state index in [0.29, 0.717) is 37.3 Å². The third-order valence-electron chi connectivity index (χ3n) is 5.42. The fraction of sp³-hybridized carbons (Fsp3) is 0.524. The van der Waals surface area contributed by atoms with Crippen molar-refractivity contribution in [2.24, 2.45) is 0 Å². The molecular formula is C21H30N6O4. The molecule has 2 fully saturated rings. The molecule has 31 heavy (non-hydrogen) atoms. The first-order valence-electron chi connectivity index (χ1n) is 10.7. The second-order valence-corrected chi connectivity index (χ2v) is 7.91. The number of anilines is 2. The quantitative estimate of drug-likeness (QED) is 0.431. The number of benzene rings is 1. The predicted molar refractivity (Wildman–Crippen MR) is 117 cm³/mol. The molecule has 168 valence electrons. The highest BCUT2D eigenvalue weighted by atomic mass is 16.2. The second kappa shape index (κ2) is 10.6. The summed E-state index contributed by atoms with van der Waals surface area (Å²) in [6, 6.07) is 3.00. The van der Waals surface area contributed by atoms with Crippen molar-refractivity contribution in [3.63, 3.8) is 0 Å². The van der Waals surface area contributed by atoms with E-state index in [0.717, 1.165) is 31.2 Å². The second-order valence-electron chi connectivity index (χ2n) is 7.91. The first-order chi connectivity index (χ1) is 14.9. The molecule has 2 aliphatic rings. The Morgan fingerprint density at radius 1 is 0.839 bits per heavy atom. The van der Waals surface area contributed by atoms with Crippen LogP contribution in [0, 0.1) is 6.92 Å². The number of urea groups is 2. The van der Waals surface area contributed by atoms with Gasteiger partial charge in [0.1, 0.15) is 12.1 Å². The minimum atomic E-state index is -0.569. The number of nitrogens with one attached hydrogen (secondary N) is 6. The molecule has 3 rings (SSSR count). The molecular weight excluding hydrogens is 400 g/mol. The summed E-state index contributed by atoms with van der Waals surface area (Å²) in [6.45, 7) is 3.07. The molecule has 1 aromatic carbocycles. The van der Waals surface area contributed by atoms with Gasteiger partial charge in [-0.2, -0.15) is 0 Å². The van der Waals surface area contributed by atoms with Crippen molar-refractivity contribution in [1.82, 2.24) is 21.3 Å². The Morgan fingerprint density at radius 2 is 1.39 bits per heavy atom. The third kappa shape index (κ3) is 6.59. The van der Waals surface area contributed by atoms with E-state index in [1.54, 1.807) is 18.2 Å². The molecule has 10 heteroatoms. The largest absolute Gasteiger partial charge is 0.354 e. The van der Waals surface area contributed by atoms with Gasteiger partial charge in [0.25, 0.3) is 0 Å². The van der Waals surface area contributed by atoms with Crippen molar-refractivity contribution >= 4 is 35.3 Å². The minimum absolute atomic E-state index is 0.181. The van der Waals surface area contributed by atoms with Crippen molar-refractivity contribution < 1.29 is 19.2 Å². The molecule has 0 spiro atoms. The molecule has 2 heterocycles. The van der Waals surface area contributed by atoms with Crippen LogP contribution in [0.4, 0.5) is 21.0 Å². The number of aryl methyl sites for hydroxylation is 1. The lowest BCUT2D eigenvalue weighted by Crippen LogP contribution is -2.47. The summed E-state index contributed by atoms with van der Waals surface area (Å²) >= 11 is 0. The van der Waals surface area contributed by atoms with Gasteiger partial charge in [0.15, 0.2) is 0 Å². The number of hydrogen-bond donors (Lipinski definition) is 6. The molecule has 6 N–H and O–H groups in total. The van der Waals surface area contributed by atoms with E-state index in [2.05, 4.69) is 31.9 Å². The van der Waals surface area contributed by atoms with Crippen molar-refractivity contribution in [3.8, 4) is 0 Å². The molecule has 2 aliphatic heterocycles. The maximum Gasteiger partial charge on any atom is 0.319 e. The van der Waals surface area contributed by atoms with E-state index in [-0.39, 0.29) is 11.8 Å². The van der Waals surface area contributed by atoms with Gasteiger partial charge in [0.05, 0.1) is 0 Å². The molecule has 0 radical (unpaired) electrons. The van der Waals surface area contributed by atoms with Gasteiger partial charge in [-0.05, 0) is 63.1 Å². The maximum absolute atomic E-state index is 12.4. The molecule has 2 unspecified atom stereocenters. The Balaban J connectivity index is 1.57. The van der Waals surface area contributed by atoms with Crippen molar-refractivity contribution in [3.05, 3.63) is 23.8 Å².